The van der Waals surface area contributed by atoms with Gasteiger partial charge in [0, 0.05) is 0 Å². The summed E-state index contributed by atoms with van der Waals surface area (Å²) in [4.78, 5) is 19.0. The third-order valence-corrected chi connectivity index (χ3v) is 3.25. The first-order chi connectivity index (χ1) is 10.5. The highest BCUT2D eigenvalue weighted by Crippen LogP contribution is 2.14. The van der Waals surface area contributed by atoms with Crippen molar-refractivity contribution in [3.05, 3.63) is 48.5 Å². The van der Waals surface area contributed by atoms with Crippen LogP contribution in [0, 0.1) is 5.92 Å². The molecule has 3 rings (SSSR count). The first-order valence-electron chi connectivity index (χ1n) is 7.09. The van der Waals surface area contributed by atoms with Gasteiger partial charge in [-0.15, -0.1) is 0 Å². The van der Waals surface area contributed by atoms with Gasteiger partial charge >= 0.3 is 5.97 Å². The maximum atomic E-state index is 10.0. The number of carboxylic acid groups (broad SMARTS) is 1. The van der Waals surface area contributed by atoms with Crippen molar-refractivity contribution in [3.8, 4) is 0 Å². The van der Waals surface area contributed by atoms with E-state index in [4.69, 9.17) is 10.8 Å². The Hall–Kier alpha value is -2.53. The van der Waals surface area contributed by atoms with E-state index in [1.807, 2.05) is 48.5 Å². The molecule has 0 radical (unpaired) electrons. The van der Waals surface area contributed by atoms with E-state index < -0.39 is 12.0 Å². The third kappa shape index (κ3) is 3.77. The summed E-state index contributed by atoms with van der Waals surface area (Å²) in [5.41, 5.74) is 8.96. The number of aliphatic carboxylic acids is 1. The molecular weight excluding hydrogens is 278 g/mol. The molecule has 0 amide bonds. The molecule has 0 spiro atoms. The van der Waals surface area contributed by atoms with Crippen LogP contribution in [0.2, 0.25) is 0 Å². The zero-order valence-corrected chi connectivity index (χ0v) is 12.6. The number of para-hydroxylation sites is 4. The van der Waals surface area contributed by atoms with Crippen molar-refractivity contribution < 1.29 is 9.90 Å². The van der Waals surface area contributed by atoms with E-state index >= 15 is 0 Å². The molecule has 0 bridgehead atoms. The van der Waals surface area contributed by atoms with Gasteiger partial charge in [0.15, 0.2) is 0 Å². The molecule has 3 aromatic rings. The van der Waals surface area contributed by atoms with Crippen LogP contribution in [0.4, 0.5) is 0 Å². The molecule has 0 fully saturated rings. The smallest absolute Gasteiger partial charge is 0.320 e. The monoisotopic (exact) mass is 297 g/mol. The van der Waals surface area contributed by atoms with E-state index in [-0.39, 0.29) is 5.92 Å². The number of nitrogens with zero attached hydrogens (tertiary/aromatic N) is 2. The Morgan fingerprint density at radius 1 is 0.909 bits per heavy atom. The average molecular weight is 297 g/mol. The highest BCUT2D eigenvalue weighted by atomic mass is 16.4. The number of aromatic nitrogens is 2. The van der Waals surface area contributed by atoms with Crippen LogP contribution in [-0.4, -0.2) is 27.1 Å². The number of carboxylic acids is 1. The topological polar surface area (TPSA) is 89.1 Å². The average Bonchev–Trinajstić information content (AvgIpc) is 2.52. The molecule has 0 aliphatic heterocycles. The van der Waals surface area contributed by atoms with E-state index in [2.05, 4.69) is 9.97 Å². The summed E-state index contributed by atoms with van der Waals surface area (Å²) in [7, 11) is 0. The molecule has 0 aliphatic carbocycles. The predicted molar refractivity (Wildman–Crippen MR) is 87.5 cm³/mol. The van der Waals surface area contributed by atoms with Gasteiger partial charge in [0.1, 0.15) is 6.04 Å². The fourth-order valence-electron chi connectivity index (χ4n) is 1.85. The minimum atomic E-state index is -0.931. The lowest BCUT2D eigenvalue weighted by atomic mass is 10.1. The fourth-order valence-corrected chi connectivity index (χ4v) is 1.85. The predicted octanol–water partition coefficient (Wildman–Crippen LogP) is 2.84. The number of hydrogen-bond acceptors (Lipinski definition) is 4. The van der Waals surface area contributed by atoms with Crippen molar-refractivity contribution in [2.24, 2.45) is 11.7 Å². The lowest BCUT2D eigenvalue weighted by Crippen LogP contribution is -2.34. The minimum absolute atomic E-state index is 0.0208. The van der Waals surface area contributed by atoms with Crippen molar-refractivity contribution >= 4 is 28.0 Å². The molecule has 5 heteroatoms. The van der Waals surface area contributed by atoms with Crippen molar-refractivity contribution in [1.29, 1.82) is 0 Å². The summed E-state index contributed by atoms with van der Waals surface area (Å²) < 4.78 is 0. The number of rotatable bonds is 2. The first kappa shape index (κ1) is 15.9. The highest BCUT2D eigenvalue weighted by molar-refractivity contribution is 5.85. The largest absolute Gasteiger partial charge is 0.480 e. The van der Waals surface area contributed by atoms with Gasteiger partial charge in [0.2, 0.25) is 0 Å². The Morgan fingerprint density at radius 2 is 1.23 bits per heavy atom. The van der Waals surface area contributed by atoms with Crippen LogP contribution in [-0.2, 0) is 4.79 Å². The van der Waals surface area contributed by atoms with E-state index in [1.54, 1.807) is 13.8 Å². The standard InChI is InChI=1S/C12H8N2.C5H11NO2/c1-2-6-10-9(5-1)13-11-7-3-4-8-12(11)14-10;1-3(2)4(6)5(7)8/h1-8H;3-4H,6H2,1-2H3,(H,7,8). The summed E-state index contributed by atoms with van der Waals surface area (Å²) in [6.45, 7) is 3.55. The number of benzene rings is 2. The van der Waals surface area contributed by atoms with Crippen LogP contribution >= 0.6 is 0 Å². The zero-order chi connectivity index (χ0) is 16.1. The van der Waals surface area contributed by atoms with Gasteiger partial charge in [-0.1, -0.05) is 38.1 Å². The summed E-state index contributed by atoms with van der Waals surface area (Å²) in [6, 6.07) is 15.1. The van der Waals surface area contributed by atoms with Crippen LogP contribution in [0.3, 0.4) is 0 Å². The third-order valence-electron chi connectivity index (χ3n) is 3.25. The Morgan fingerprint density at radius 3 is 1.41 bits per heavy atom. The number of carbonyl (C=O) groups is 1. The number of hydrogen-bond donors (Lipinski definition) is 2. The molecule has 0 saturated carbocycles. The molecular formula is C17H19N3O2. The molecule has 1 unspecified atom stereocenters. The first-order valence-corrected chi connectivity index (χ1v) is 7.09. The summed E-state index contributed by atoms with van der Waals surface area (Å²) in [5, 5.41) is 8.23. The van der Waals surface area contributed by atoms with Gasteiger partial charge in [-0.3, -0.25) is 4.79 Å². The molecule has 5 nitrogen and oxygen atoms in total. The number of fused-ring (bicyclic) bond motifs is 2. The Labute approximate surface area is 128 Å². The molecule has 1 aromatic heterocycles. The molecule has 22 heavy (non-hydrogen) atoms. The van der Waals surface area contributed by atoms with E-state index in [1.165, 1.54) is 0 Å². The molecule has 0 saturated heterocycles. The molecule has 2 aromatic carbocycles. The molecule has 114 valence electrons. The van der Waals surface area contributed by atoms with Gasteiger partial charge < -0.3 is 10.8 Å². The minimum Gasteiger partial charge on any atom is -0.480 e. The second-order valence-electron chi connectivity index (χ2n) is 5.31. The van der Waals surface area contributed by atoms with Crippen molar-refractivity contribution in [2.45, 2.75) is 19.9 Å². The summed E-state index contributed by atoms with van der Waals surface area (Å²) >= 11 is 0. The van der Waals surface area contributed by atoms with Crippen LogP contribution in [0.5, 0.6) is 0 Å². The van der Waals surface area contributed by atoms with E-state index in [9.17, 15) is 4.79 Å². The van der Waals surface area contributed by atoms with Crippen molar-refractivity contribution in [3.63, 3.8) is 0 Å². The second-order valence-corrected chi connectivity index (χ2v) is 5.31. The summed E-state index contributed by atoms with van der Waals surface area (Å²) in [6.07, 6.45) is 0. The maximum absolute atomic E-state index is 10.0. The highest BCUT2D eigenvalue weighted by Gasteiger charge is 2.14. The van der Waals surface area contributed by atoms with Crippen molar-refractivity contribution in [2.75, 3.05) is 0 Å². The van der Waals surface area contributed by atoms with Gasteiger partial charge in [-0.2, -0.15) is 0 Å². The summed E-state index contributed by atoms with van der Waals surface area (Å²) in [5.74, 6) is -0.910. The maximum Gasteiger partial charge on any atom is 0.320 e. The molecule has 0 aliphatic rings. The van der Waals surface area contributed by atoms with E-state index in [0.717, 1.165) is 22.1 Å². The Bertz CT molecular complexity index is 682. The zero-order valence-electron chi connectivity index (χ0n) is 12.6. The van der Waals surface area contributed by atoms with Gasteiger partial charge in [-0.25, -0.2) is 9.97 Å². The van der Waals surface area contributed by atoms with Crippen LogP contribution in [0.15, 0.2) is 48.5 Å². The lowest BCUT2D eigenvalue weighted by molar-refractivity contribution is -0.139. The normalized spacial score (nSPS) is 12.0. The van der Waals surface area contributed by atoms with E-state index in [0.29, 0.717) is 0 Å². The van der Waals surface area contributed by atoms with Gasteiger partial charge in [-0.05, 0) is 30.2 Å². The van der Waals surface area contributed by atoms with Crippen LogP contribution < -0.4 is 5.73 Å². The lowest BCUT2D eigenvalue weighted by Gasteiger charge is -2.07. The van der Waals surface area contributed by atoms with Gasteiger partial charge in [0.25, 0.3) is 0 Å². The van der Waals surface area contributed by atoms with Crippen LogP contribution in [0.1, 0.15) is 13.8 Å². The molecule has 1 atom stereocenters. The Kier molecular flexibility index (Phi) is 5.01. The Balaban J connectivity index is 0.000000192. The van der Waals surface area contributed by atoms with Gasteiger partial charge in [0.05, 0.1) is 22.1 Å². The fraction of sp³-hybridized carbons (Fsp3) is 0.235. The van der Waals surface area contributed by atoms with Crippen molar-refractivity contribution in [1.82, 2.24) is 9.97 Å². The van der Waals surface area contributed by atoms with Crippen LogP contribution in [0.25, 0.3) is 22.1 Å². The quantitative estimate of drug-likeness (QED) is 0.710. The second kappa shape index (κ2) is 6.95. The molecule has 3 N–H and O–H groups in total. The molecule has 1 heterocycles. The SMILES string of the molecule is CC(C)C(N)C(=O)O.c1ccc2nc3ccccc3nc2c1. The number of nitrogens with two attached hydrogens (primary N) is 1.